The zero-order valence-corrected chi connectivity index (χ0v) is 52.8. The number of hydrogen-bond acceptors (Lipinski definition) is 14. The van der Waals surface area contributed by atoms with Crippen LogP contribution in [0.4, 0.5) is 0 Å². The average Bonchev–Trinajstić information content (AvgIpc) is 4.17. The Kier molecular flexibility index (Phi) is 22.2. The highest BCUT2D eigenvalue weighted by atomic mass is 15.3. The van der Waals surface area contributed by atoms with Crippen LogP contribution in [-0.4, -0.2) is 120 Å². The van der Waals surface area contributed by atoms with Gasteiger partial charge in [0.05, 0.1) is 58.8 Å². The minimum Gasteiger partial charge on any atom is -0.351 e. The van der Waals surface area contributed by atoms with Gasteiger partial charge in [-0.05, 0) is 152 Å². The van der Waals surface area contributed by atoms with E-state index in [0.717, 1.165) is 55.8 Å². The molecule has 1 aliphatic rings. The molecule has 21 aromatic heterocycles. The lowest BCUT2D eigenvalue weighted by molar-refractivity contribution is 0.750. The fraction of sp³-hybridized carbons (Fsp3) is 0.0411. The van der Waals surface area contributed by atoms with Gasteiger partial charge >= 0.3 is 0 Å². The van der Waals surface area contributed by atoms with E-state index in [9.17, 15) is 0 Å². The van der Waals surface area contributed by atoms with E-state index in [2.05, 4.69) is 115 Å². The van der Waals surface area contributed by atoms with Gasteiger partial charge < -0.3 is 27.2 Å². The van der Waals surface area contributed by atoms with Gasteiger partial charge in [0.25, 0.3) is 0 Å². The minimum absolute atomic E-state index is 0.887. The van der Waals surface area contributed by atoms with Gasteiger partial charge in [0, 0.05) is 148 Å². The topological polar surface area (TPSA) is 241 Å². The van der Waals surface area contributed by atoms with Crippen LogP contribution in [0.25, 0.3) is 61.3 Å². The van der Waals surface area contributed by atoms with Gasteiger partial charge in [-0.2, -0.15) is 15.3 Å². The summed E-state index contributed by atoms with van der Waals surface area (Å²) in [5.41, 5.74) is 12.7. The molecule has 0 unspecified atom stereocenters. The number of rotatable bonds is 0. The average molecular weight is 1290 g/mol. The van der Waals surface area contributed by atoms with Gasteiger partial charge in [-0.25, -0.2) is 48.4 Å². The first-order valence-electron chi connectivity index (χ1n) is 31.0. The summed E-state index contributed by atoms with van der Waals surface area (Å²) in [6, 6.07) is 57.7. The molecule has 0 saturated heterocycles. The number of pyridine rings is 7. The van der Waals surface area contributed by atoms with Gasteiger partial charge in [0.15, 0.2) is 16.9 Å². The molecule has 22 heterocycles. The summed E-state index contributed by atoms with van der Waals surface area (Å²) >= 11 is 0. The van der Waals surface area contributed by atoms with Gasteiger partial charge in [-0.1, -0.05) is 36.4 Å². The molecule has 0 radical (unpaired) electrons. The summed E-state index contributed by atoms with van der Waals surface area (Å²) in [6.45, 7) is 1.24. The maximum atomic E-state index is 4.08. The lowest BCUT2D eigenvalue weighted by Gasteiger charge is -1.90. The van der Waals surface area contributed by atoms with Crippen molar-refractivity contribution in [3.8, 4) is 0 Å². The maximum Gasteiger partial charge on any atom is 0.160 e. The van der Waals surface area contributed by atoms with E-state index in [1.54, 1.807) is 91.8 Å². The van der Waals surface area contributed by atoms with Crippen molar-refractivity contribution >= 4 is 61.3 Å². The number of hydrogen-bond donors (Lipinski definition) is 1. The lowest BCUT2D eigenvalue weighted by atomic mass is 10.3. The fourth-order valence-corrected chi connectivity index (χ4v) is 9.64. The summed E-state index contributed by atoms with van der Waals surface area (Å²) < 4.78 is 19.4. The van der Waals surface area contributed by atoms with Crippen LogP contribution in [0.5, 0.6) is 0 Å². The SMILES string of the molecule is c1cc2n(c1)CCC2.c1cc2nc[nH]c2cn1.c1cc2nccn2cn1.c1ccn2cccc2c1.c1ccn2ccnc2c1.c1ccn2cncc2c1.c1ccn2cnnc2c1.c1ccn2nccc2c1.c1ccn2ncnc2c1.c1cn2ccnc2cn1.c1cnn2cccc2c1. The summed E-state index contributed by atoms with van der Waals surface area (Å²) in [7, 11) is 0. The minimum atomic E-state index is 0.887. The lowest BCUT2D eigenvalue weighted by Crippen LogP contribution is -1.86. The molecule has 0 fully saturated rings. The quantitative estimate of drug-likeness (QED) is 0.149. The van der Waals surface area contributed by atoms with Crippen molar-refractivity contribution in [2.45, 2.75) is 19.4 Å². The molecule has 0 amide bonds. The largest absolute Gasteiger partial charge is 0.351 e. The second-order valence-corrected chi connectivity index (χ2v) is 20.9. The number of fused-ring (bicyclic) bond motifs is 11. The van der Waals surface area contributed by atoms with E-state index >= 15 is 0 Å². The van der Waals surface area contributed by atoms with Crippen LogP contribution in [0, 0.1) is 0 Å². The van der Waals surface area contributed by atoms with Gasteiger partial charge in [-0.15, -0.1) is 10.2 Å². The molecule has 1 aliphatic heterocycles. The first-order chi connectivity index (χ1) is 48.6. The Hall–Kier alpha value is -14.1. The Bertz CT molecular complexity index is 4320. The number of aryl methyl sites for hydroxylation is 2. The monoisotopic (exact) mass is 1290 g/mol. The number of aromatic amines is 1. The summed E-state index contributed by atoms with van der Waals surface area (Å²) in [5.74, 6) is 0. The first-order valence-corrected chi connectivity index (χ1v) is 31.0. The van der Waals surface area contributed by atoms with E-state index in [4.69, 9.17) is 0 Å². The van der Waals surface area contributed by atoms with Crippen LogP contribution in [0.2, 0.25) is 0 Å². The molecular weight excluding hydrogens is 1230 g/mol. The molecule has 0 saturated carbocycles. The molecule has 0 bridgehead atoms. The molecule has 0 spiro atoms. The van der Waals surface area contributed by atoms with E-state index in [1.165, 1.54) is 36.9 Å². The normalized spacial score (nSPS) is 10.7. The summed E-state index contributed by atoms with van der Waals surface area (Å²) in [4.78, 5) is 38.8. The predicted molar refractivity (Wildman–Crippen MR) is 377 cm³/mol. The van der Waals surface area contributed by atoms with Crippen LogP contribution in [0.3, 0.4) is 0 Å². The third-order valence-electron chi connectivity index (χ3n) is 14.4. The maximum absolute atomic E-state index is 4.08. The first kappa shape index (κ1) is 64.0. The number of H-pyrrole nitrogens is 1. The zero-order chi connectivity index (χ0) is 66.4. The van der Waals surface area contributed by atoms with Crippen molar-refractivity contribution < 1.29 is 0 Å². The Labute approximate surface area is 559 Å². The summed E-state index contributed by atoms with van der Waals surface area (Å²) in [5, 5.41) is 19.6. The number of nitrogens with one attached hydrogen (secondary N) is 1. The van der Waals surface area contributed by atoms with Gasteiger partial charge in [0.1, 0.15) is 30.3 Å². The van der Waals surface area contributed by atoms with Crippen molar-refractivity contribution in [2.75, 3.05) is 0 Å². The molecule has 25 nitrogen and oxygen atoms in total. The number of imidazole rings is 5. The third kappa shape index (κ3) is 18.1. The van der Waals surface area contributed by atoms with E-state index in [-0.39, 0.29) is 0 Å². The fourth-order valence-electron chi connectivity index (χ4n) is 9.64. The Morgan fingerprint density at radius 3 is 1.66 bits per heavy atom. The molecule has 21 aromatic rings. The van der Waals surface area contributed by atoms with Crippen molar-refractivity contribution in [3.05, 3.63) is 362 Å². The highest BCUT2D eigenvalue weighted by Gasteiger charge is 2.06. The highest BCUT2D eigenvalue weighted by molar-refractivity contribution is 5.72. The second-order valence-electron chi connectivity index (χ2n) is 20.9. The Morgan fingerprint density at radius 1 is 0.316 bits per heavy atom. The van der Waals surface area contributed by atoms with E-state index in [1.807, 2.05) is 263 Å². The van der Waals surface area contributed by atoms with Crippen molar-refractivity contribution in [1.29, 1.82) is 0 Å². The standard InChI is InChI=1S/C8H7N.4C7H6N2.C7H9N.5C6H5N3/c1-2-6-9-7-3-5-8(9)4-1;1-3-7-4-2-6-9(7)8-5-1;1-2-6-9-7(3-1)4-5-8-9;1-2-5-9-6-4-8-7(9)3-1;1-2-4-9-6-8-5-7(9)3-1;1-3-7-4-2-6-8(7)5-1;1-3-9-4-2-8-6(9)5-7-1;1-2-7-3-6-5(1)8-4-9-6;1-2-7-5-9-4-3-8-6(1)9;1-2-4-9-5-7-8-6(9)3-1;1-2-4-9-6(3-1)7-5-8-9/h1-7H;4*1-6H;1,3,5H,2,4,6H2;1-5H;1-4H,(H,8,9);3*1-5H. The van der Waals surface area contributed by atoms with E-state index in [0.29, 0.717) is 0 Å². The number of nitrogens with zero attached hydrogens (tertiary/aromatic N) is 24. The highest BCUT2D eigenvalue weighted by Crippen LogP contribution is 2.13. The smallest absolute Gasteiger partial charge is 0.160 e. The zero-order valence-electron chi connectivity index (χ0n) is 52.8. The Morgan fingerprint density at radius 2 is 0.898 bits per heavy atom. The molecule has 482 valence electrons. The predicted octanol–water partition coefficient (Wildman–Crippen LogP) is 12.6. The Balaban J connectivity index is 0.000000103. The molecule has 98 heavy (non-hydrogen) atoms. The van der Waals surface area contributed by atoms with Crippen LogP contribution < -0.4 is 0 Å². The van der Waals surface area contributed by atoms with Gasteiger partial charge in [0.2, 0.25) is 0 Å². The second kappa shape index (κ2) is 34.0. The molecule has 0 atom stereocenters. The molecule has 0 aromatic carbocycles. The van der Waals surface area contributed by atoms with Crippen LogP contribution in [0.15, 0.2) is 356 Å². The van der Waals surface area contributed by atoms with Crippen LogP contribution >= 0.6 is 0 Å². The van der Waals surface area contributed by atoms with E-state index < -0.39 is 0 Å². The molecule has 22 rings (SSSR count). The summed E-state index contributed by atoms with van der Waals surface area (Å²) in [6.07, 6.45) is 55.7. The van der Waals surface area contributed by atoms with Crippen LogP contribution in [-0.2, 0) is 13.0 Å². The third-order valence-corrected chi connectivity index (χ3v) is 14.4. The molecular formula is C73H65N25. The molecule has 25 heteroatoms. The molecule has 1 N–H and O–H groups in total. The van der Waals surface area contributed by atoms with Crippen molar-refractivity contribution in [2.24, 2.45) is 0 Å². The van der Waals surface area contributed by atoms with Crippen LogP contribution in [0.1, 0.15) is 12.1 Å². The van der Waals surface area contributed by atoms with Crippen molar-refractivity contribution in [1.82, 2.24) is 120 Å². The van der Waals surface area contributed by atoms with Gasteiger partial charge in [-0.3, -0.25) is 18.8 Å². The van der Waals surface area contributed by atoms with Crippen molar-refractivity contribution in [3.63, 3.8) is 0 Å². The molecule has 0 aliphatic carbocycles. The number of aromatic nitrogens is 25.